The van der Waals surface area contributed by atoms with E-state index >= 15 is 0 Å². The highest BCUT2D eigenvalue weighted by molar-refractivity contribution is 5.98. The van der Waals surface area contributed by atoms with Crippen molar-refractivity contribution >= 4 is 11.8 Å². The highest BCUT2D eigenvalue weighted by Crippen LogP contribution is 2.29. The van der Waals surface area contributed by atoms with Gasteiger partial charge in [0, 0.05) is 25.7 Å². The first-order chi connectivity index (χ1) is 15.2. The molecule has 6 nitrogen and oxygen atoms in total. The molecule has 0 saturated heterocycles. The smallest absolute Gasteiger partial charge is 0.272 e. The lowest BCUT2D eigenvalue weighted by Gasteiger charge is -2.26. The SMILES string of the molecule is O=C(N[C@@H]1CCCc2ccccc21)c1cc2n(n1)CCCN(Cc1ccccc1)C2=O. The lowest BCUT2D eigenvalue weighted by Crippen LogP contribution is -2.31. The Bertz CT molecular complexity index is 1110. The monoisotopic (exact) mass is 414 g/mol. The number of hydrogen-bond donors (Lipinski definition) is 1. The minimum Gasteiger partial charge on any atom is -0.344 e. The van der Waals surface area contributed by atoms with E-state index in [1.807, 2.05) is 47.4 Å². The Hall–Kier alpha value is -3.41. The van der Waals surface area contributed by atoms with Gasteiger partial charge in [-0.1, -0.05) is 54.6 Å². The van der Waals surface area contributed by atoms with E-state index < -0.39 is 0 Å². The Kier molecular flexibility index (Phi) is 5.28. The second kappa shape index (κ2) is 8.38. The van der Waals surface area contributed by atoms with Crippen molar-refractivity contribution in [3.63, 3.8) is 0 Å². The zero-order valence-electron chi connectivity index (χ0n) is 17.5. The summed E-state index contributed by atoms with van der Waals surface area (Å²) in [5.74, 6) is -0.291. The first-order valence-corrected chi connectivity index (χ1v) is 11.0. The average molecular weight is 415 g/mol. The fourth-order valence-corrected chi connectivity index (χ4v) is 4.64. The van der Waals surface area contributed by atoms with Gasteiger partial charge < -0.3 is 10.2 Å². The Morgan fingerprint density at radius 3 is 2.71 bits per heavy atom. The molecule has 1 aliphatic carbocycles. The predicted octanol–water partition coefficient (Wildman–Crippen LogP) is 3.74. The number of carbonyl (C=O) groups is 2. The van der Waals surface area contributed by atoms with Crippen LogP contribution in [0.3, 0.4) is 0 Å². The molecule has 31 heavy (non-hydrogen) atoms. The molecule has 1 atom stereocenters. The second-order valence-electron chi connectivity index (χ2n) is 8.32. The van der Waals surface area contributed by atoms with Crippen molar-refractivity contribution in [2.75, 3.05) is 6.54 Å². The number of rotatable bonds is 4. The number of aromatic nitrogens is 2. The van der Waals surface area contributed by atoms with Gasteiger partial charge in [-0.15, -0.1) is 0 Å². The first-order valence-electron chi connectivity index (χ1n) is 11.0. The fraction of sp³-hybridized carbons (Fsp3) is 0.320. The maximum Gasteiger partial charge on any atom is 0.272 e. The van der Waals surface area contributed by atoms with Crippen LogP contribution in [-0.2, 0) is 19.5 Å². The van der Waals surface area contributed by atoms with Crippen molar-refractivity contribution < 1.29 is 9.59 Å². The van der Waals surface area contributed by atoms with Crippen LogP contribution in [-0.4, -0.2) is 33.0 Å². The number of nitrogens with zero attached hydrogens (tertiary/aromatic N) is 3. The normalized spacial score (nSPS) is 18.1. The Labute approximate surface area is 181 Å². The molecule has 6 heteroatoms. The summed E-state index contributed by atoms with van der Waals surface area (Å²) < 4.78 is 1.69. The quantitative estimate of drug-likeness (QED) is 0.707. The number of carbonyl (C=O) groups excluding carboxylic acids is 2. The minimum absolute atomic E-state index is 0.00997. The fourth-order valence-electron chi connectivity index (χ4n) is 4.64. The third kappa shape index (κ3) is 3.98. The summed E-state index contributed by atoms with van der Waals surface area (Å²) in [6.07, 6.45) is 3.83. The summed E-state index contributed by atoms with van der Waals surface area (Å²) in [4.78, 5) is 28.0. The van der Waals surface area contributed by atoms with Gasteiger partial charge >= 0.3 is 0 Å². The number of aryl methyl sites for hydroxylation is 2. The van der Waals surface area contributed by atoms with E-state index in [0.29, 0.717) is 31.0 Å². The third-order valence-electron chi connectivity index (χ3n) is 6.21. The van der Waals surface area contributed by atoms with Crippen LogP contribution in [0.25, 0.3) is 0 Å². The largest absolute Gasteiger partial charge is 0.344 e. The number of nitrogens with one attached hydrogen (secondary N) is 1. The molecule has 2 heterocycles. The van der Waals surface area contributed by atoms with Crippen molar-refractivity contribution in [2.24, 2.45) is 0 Å². The molecular weight excluding hydrogens is 388 g/mol. The summed E-state index contributed by atoms with van der Waals surface area (Å²) in [6.45, 7) is 1.87. The van der Waals surface area contributed by atoms with Crippen molar-refractivity contribution in [3.8, 4) is 0 Å². The predicted molar refractivity (Wildman–Crippen MR) is 118 cm³/mol. The van der Waals surface area contributed by atoms with Crippen LogP contribution in [0.2, 0.25) is 0 Å². The van der Waals surface area contributed by atoms with Gasteiger partial charge in [0.05, 0.1) is 6.04 Å². The molecule has 0 saturated carbocycles. The average Bonchev–Trinajstić information content (AvgIpc) is 3.17. The van der Waals surface area contributed by atoms with Gasteiger partial charge in [0.15, 0.2) is 5.69 Å². The molecule has 0 spiro atoms. The molecule has 1 aromatic heterocycles. The second-order valence-corrected chi connectivity index (χ2v) is 8.32. The zero-order valence-corrected chi connectivity index (χ0v) is 17.5. The van der Waals surface area contributed by atoms with Crippen LogP contribution >= 0.6 is 0 Å². The van der Waals surface area contributed by atoms with E-state index in [2.05, 4.69) is 22.5 Å². The van der Waals surface area contributed by atoms with Gasteiger partial charge in [-0.05, 0) is 42.4 Å². The maximum absolute atomic E-state index is 13.2. The molecule has 2 aromatic carbocycles. The van der Waals surface area contributed by atoms with Gasteiger partial charge in [0.2, 0.25) is 0 Å². The topological polar surface area (TPSA) is 67.2 Å². The lowest BCUT2D eigenvalue weighted by molar-refractivity contribution is 0.0745. The summed E-state index contributed by atoms with van der Waals surface area (Å²) in [5.41, 5.74) is 4.38. The molecule has 1 N–H and O–H groups in total. The summed E-state index contributed by atoms with van der Waals surface area (Å²) in [6, 6.07) is 19.9. The van der Waals surface area contributed by atoms with Gasteiger partial charge in [0.1, 0.15) is 5.69 Å². The van der Waals surface area contributed by atoms with E-state index in [1.165, 1.54) is 11.1 Å². The highest BCUT2D eigenvalue weighted by atomic mass is 16.2. The molecule has 0 radical (unpaired) electrons. The summed E-state index contributed by atoms with van der Waals surface area (Å²) in [7, 11) is 0. The molecule has 3 aromatic rings. The minimum atomic E-state index is -0.218. The number of benzene rings is 2. The van der Waals surface area contributed by atoms with Crippen molar-refractivity contribution in [1.29, 1.82) is 0 Å². The van der Waals surface area contributed by atoms with Gasteiger partial charge in [-0.3, -0.25) is 14.3 Å². The highest BCUT2D eigenvalue weighted by Gasteiger charge is 2.28. The van der Waals surface area contributed by atoms with E-state index in [9.17, 15) is 9.59 Å². The molecule has 5 rings (SSSR count). The van der Waals surface area contributed by atoms with Crippen LogP contribution in [0.5, 0.6) is 0 Å². The number of hydrogen-bond acceptors (Lipinski definition) is 3. The molecule has 0 bridgehead atoms. The molecule has 2 aliphatic rings. The van der Waals surface area contributed by atoms with E-state index in [1.54, 1.807) is 10.7 Å². The van der Waals surface area contributed by atoms with Crippen molar-refractivity contribution in [2.45, 2.75) is 44.8 Å². The van der Waals surface area contributed by atoms with Crippen molar-refractivity contribution in [3.05, 3.63) is 88.7 Å². The summed E-state index contributed by atoms with van der Waals surface area (Å²) in [5, 5.41) is 7.62. The van der Waals surface area contributed by atoms with Crippen LogP contribution in [0, 0.1) is 0 Å². The zero-order chi connectivity index (χ0) is 21.2. The van der Waals surface area contributed by atoms with Gasteiger partial charge in [-0.25, -0.2) is 0 Å². The van der Waals surface area contributed by atoms with Gasteiger partial charge in [-0.2, -0.15) is 5.10 Å². The number of fused-ring (bicyclic) bond motifs is 2. The van der Waals surface area contributed by atoms with E-state index in [-0.39, 0.29) is 17.9 Å². The Morgan fingerprint density at radius 1 is 1.03 bits per heavy atom. The molecule has 1 aliphatic heterocycles. The Balaban J connectivity index is 1.34. The Morgan fingerprint density at radius 2 is 1.84 bits per heavy atom. The van der Waals surface area contributed by atoms with Crippen LogP contribution in [0.1, 0.15) is 63.0 Å². The number of amides is 2. The maximum atomic E-state index is 13.2. The van der Waals surface area contributed by atoms with E-state index in [0.717, 1.165) is 31.2 Å². The standard InChI is InChI=1S/C25H26N4O2/c30-24(26-21-13-6-11-19-10-4-5-12-20(19)21)22-16-23-25(31)28(14-7-15-29(23)27-22)17-18-8-2-1-3-9-18/h1-5,8-10,12,16,21H,6-7,11,13-15,17H2,(H,26,30)/t21-/m1/s1. The van der Waals surface area contributed by atoms with Gasteiger partial charge in [0.25, 0.3) is 11.8 Å². The van der Waals surface area contributed by atoms with Crippen molar-refractivity contribution in [1.82, 2.24) is 20.0 Å². The summed E-state index contributed by atoms with van der Waals surface area (Å²) >= 11 is 0. The molecular formula is C25H26N4O2. The van der Waals surface area contributed by atoms with Crippen LogP contribution in [0.15, 0.2) is 60.7 Å². The third-order valence-corrected chi connectivity index (χ3v) is 6.21. The van der Waals surface area contributed by atoms with E-state index in [4.69, 9.17) is 0 Å². The van der Waals surface area contributed by atoms with Crippen LogP contribution in [0.4, 0.5) is 0 Å². The first kappa shape index (κ1) is 19.5. The van der Waals surface area contributed by atoms with Crippen LogP contribution < -0.4 is 5.32 Å². The molecule has 0 fully saturated rings. The molecule has 158 valence electrons. The molecule has 0 unspecified atom stereocenters. The molecule has 2 amide bonds. The lowest BCUT2D eigenvalue weighted by atomic mass is 9.87.